The number of hydrogen-bond donors (Lipinski definition) is 2. The van der Waals surface area contributed by atoms with Crippen molar-refractivity contribution in [2.45, 2.75) is 44.8 Å². The first-order valence-corrected chi connectivity index (χ1v) is 12.0. The van der Waals surface area contributed by atoms with Crippen LogP contribution in [0.1, 0.15) is 36.1 Å². The van der Waals surface area contributed by atoms with Crippen molar-refractivity contribution in [3.05, 3.63) is 65.2 Å². The van der Waals surface area contributed by atoms with Gasteiger partial charge in [-0.2, -0.15) is 0 Å². The molecule has 31 heavy (non-hydrogen) atoms. The SMILES string of the molecule is Cc1cccc2sc([C@H]3CCN(C[C@H](O)COc4cccc5[nH]ccc45)[C@@H](C)C3)cc12. The van der Waals surface area contributed by atoms with Crippen LogP contribution in [0.15, 0.2) is 54.7 Å². The number of piperidine rings is 1. The van der Waals surface area contributed by atoms with Crippen LogP contribution in [0, 0.1) is 6.92 Å². The number of aromatic amines is 1. The molecule has 0 aliphatic carbocycles. The maximum Gasteiger partial charge on any atom is 0.128 e. The van der Waals surface area contributed by atoms with Gasteiger partial charge in [0, 0.05) is 39.3 Å². The second kappa shape index (κ2) is 8.65. The number of fused-ring (bicyclic) bond motifs is 2. The van der Waals surface area contributed by atoms with Gasteiger partial charge in [-0.3, -0.25) is 4.90 Å². The van der Waals surface area contributed by atoms with Crippen LogP contribution in [0.3, 0.4) is 0 Å². The molecule has 2 N–H and O–H groups in total. The van der Waals surface area contributed by atoms with Gasteiger partial charge in [0.15, 0.2) is 0 Å². The van der Waals surface area contributed by atoms with E-state index in [1.54, 1.807) is 0 Å². The van der Waals surface area contributed by atoms with Gasteiger partial charge in [-0.1, -0.05) is 18.2 Å². The smallest absolute Gasteiger partial charge is 0.128 e. The molecule has 5 heteroatoms. The number of ether oxygens (including phenoxy) is 1. The van der Waals surface area contributed by atoms with Gasteiger partial charge in [-0.05, 0) is 80.4 Å². The third kappa shape index (κ3) is 4.22. The number of thiophene rings is 1. The Morgan fingerprint density at radius 2 is 2.06 bits per heavy atom. The van der Waals surface area contributed by atoms with Crippen LogP contribution in [0.2, 0.25) is 0 Å². The molecule has 4 aromatic rings. The molecule has 5 rings (SSSR count). The second-order valence-corrected chi connectivity index (χ2v) is 9.98. The molecular weight excluding hydrogens is 404 g/mol. The van der Waals surface area contributed by atoms with E-state index in [9.17, 15) is 5.11 Å². The van der Waals surface area contributed by atoms with Crippen LogP contribution in [0.5, 0.6) is 5.75 Å². The highest BCUT2D eigenvalue weighted by Crippen LogP contribution is 2.39. The Balaban J connectivity index is 1.18. The Bertz CT molecular complexity index is 1180. The highest BCUT2D eigenvalue weighted by molar-refractivity contribution is 7.19. The number of β-amino-alcohol motifs (C(OH)–C–C–N with tert-alkyl or cyclic N) is 1. The molecule has 4 nitrogen and oxygen atoms in total. The summed E-state index contributed by atoms with van der Waals surface area (Å²) >= 11 is 1.95. The first-order valence-electron chi connectivity index (χ1n) is 11.2. The summed E-state index contributed by atoms with van der Waals surface area (Å²) in [5.74, 6) is 1.44. The summed E-state index contributed by atoms with van der Waals surface area (Å²) in [6.07, 6.45) is 3.70. The largest absolute Gasteiger partial charge is 0.490 e. The van der Waals surface area contributed by atoms with Crippen LogP contribution >= 0.6 is 11.3 Å². The first-order chi connectivity index (χ1) is 15.1. The van der Waals surface area contributed by atoms with Crippen molar-refractivity contribution < 1.29 is 9.84 Å². The molecule has 0 spiro atoms. The van der Waals surface area contributed by atoms with Gasteiger partial charge in [0.2, 0.25) is 0 Å². The van der Waals surface area contributed by atoms with Crippen molar-refractivity contribution in [2.75, 3.05) is 19.7 Å². The van der Waals surface area contributed by atoms with Crippen molar-refractivity contribution in [3.8, 4) is 5.75 Å². The number of H-pyrrole nitrogens is 1. The molecular formula is C26H30N2O2S. The van der Waals surface area contributed by atoms with Crippen molar-refractivity contribution in [1.82, 2.24) is 9.88 Å². The number of hydrogen-bond acceptors (Lipinski definition) is 4. The molecule has 2 aromatic carbocycles. The Morgan fingerprint density at radius 1 is 1.19 bits per heavy atom. The van der Waals surface area contributed by atoms with Crippen LogP contribution in [0.25, 0.3) is 21.0 Å². The average molecular weight is 435 g/mol. The van der Waals surface area contributed by atoms with Gasteiger partial charge >= 0.3 is 0 Å². The van der Waals surface area contributed by atoms with E-state index < -0.39 is 6.10 Å². The number of rotatable bonds is 6. The molecule has 0 saturated carbocycles. The summed E-state index contributed by atoms with van der Waals surface area (Å²) in [7, 11) is 0. The lowest BCUT2D eigenvalue weighted by molar-refractivity contribution is 0.0408. The van der Waals surface area contributed by atoms with Crippen molar-refractivity contribution >= 4 is 32.3 Å². The third-order valence-corrected chi connectivity index (χ3v) is 7.91. The molecule has 1 fully saturated rings. The van der Waals surface area contributed by atoms with E-state index in [0.717, 1.165) is 36.0 Å². The molecule has 3 heterocycles. The van der Waals surface area contributed by atoms with E-state index in [2.05, 4.69) is 48.0 Å². The van der Waals surface area contributed by atoms with E-state index in [4.69, 9.17) is 4.74 Å². The molecule has 3 atom stereocenters. The fourth-order valence-corrected chi connectivity index (χ4v) is 6.16. The van der Waals surface area contributed by atoms with Crippen molar-refractivity contribution in [3.63, 3.8) is 0 Å². The predicted octanol–water partition coefficient (Wildman–Crippen LogP) is 5.70. The minimum atomic E-state index is -0.500. The minimum Gasteiger partial charge on any atom is -0.490 e. The van der Waals surface area contributed by atoms with Crippen LogP contribution in [-0.4, -0.2) is 46.8 Å². The normalized spacial score (nSPS) is 21.0. The van der Waals surface area contributed by atoms with E-state index >= 15 is 0 Å². The number of nitrogens with zero attached hydrogens (tertiary/aromatic N) is 1. The number of aliphatic hydroxyl groups is 1. The van der Waals surface area contributed by atoms with E-state index in [0.29, 0.717) is 25.1 Å². The minimum absolute atomic E-state index is 0.312. The molecule has 1 aliphatic heterocycles. The Hall–Kier alpha value is -2.34. The van der Waals surface area contributed by atoms with E-state index in [1.165, 1.54) is 20.5 Å². The molecule has 0 bridgehead atoms. The summed E-state index contributed by atoms with van der Waals surface area (Å²) in [5, 5.41) is 13.1. The lowest BCUT2D eigenvalue weighted by Crippen LogP contribution is -2.45. The molecule has 0 unspecified atom stereocenters. The maximum absolute atomic E-state index is 10.6. The van der Waals surface area contributed by atoms with Gasteiger partial charge in [0.05, 0.1) is 0 Å². The Kier molecular flexibility index (Phi) is 5.74. The Labute approximate surface area is 187 Å². The fraction of sp³-hybridized carbons (Fsp3) is 0.385. The summed E-state index contributed by atoms with van der Waals surface area (Å²) in [6.45, 7) is 6.47. The molecule has 0 amide bonds. The number of nitrogens with one attached hydrogen (secondary N) is 1. The molecule has 0 radical (unpaired) electrons. The van der Waals surface area contributed by atoms with Gasteiger partial charge in [0.25, 0.3) is 0 Å². The lowest BCUT2D eigenvalue weighted by atomic mass is 9.90. The third-order valence-electron chi connectivity index (χ3n) is 6.65. The molecule has 1 saturated heterocycles. The summed E-state index contributed by atoms with van der Waals surface area (Å²) < 4.78 is 7.35. The molecule has 1 aliphatic rings. The van der Waals surface area contributed by atoms with Crippen molar-refractivity contribution in [1.29, 1.82) is 0 Å². The zero-order chi connectivity index (χ0) is 21.4. The second-order valence-electron chi connectivity index (χ2n) is 8.86. The van der Waals surface area contributed by atoms with Gasteiger partial charge < -0.3 is 14.8 Å². The monoisotopic (exact) mass is 434 g/mol. The van der Waals surface area contributed by atoms with Crippen molar-refractivity contribution in [2.24, 2.45) is 0 Å². The van der Waals surface area contributed by atoms with Gasteiger partial charge in [-0.15, -0.1) is 11.3 Å². The molecule has 2 aromatic heterocycles. The van der Waals surface area contributed by atoms with Crippen LogP contribution in [0.4, 0.5) is 0 Å². The number of aryl methyl sites for hydroxylation is 1. The topological polar surface area (TPSA) is 48.5 Å². The summed E-state index contributed by atoms with van der Waals surface area (Å²) in [5.41, 5.74) is 2.42. The predicted molar refractivity (Wildman–Crippen MR) is 129 cm³/mol. The standard InChI is InChI=1S/C26H30N2O2S/c1-17-5-3-8-25-22(17)14-26(31-25)19-10-12-28(18(2)13-19)15-20(29)16-30-24-7-4-6-23-21(24)9-11-27-23/h3-9,11,14,18-20,27,29H,10,12-13,15-16H2,1-2H3/t18-,19-,20-/m0/s1. The highest BCUT2D eigenvalue weighted by atomic mass is 32.1. The van der Waals surface area contributed by atoms with Gasteiger partial charge in [0.1, 0.15) is 18.5 Å². The first kappa shape index (κ1) is 20.6. The van der Waals surface area contributed by atoms with Crippen LogP contribution < -0.4 is 4.74 Å². The maximum atomic E-state index is 10.6. The Morgan fingerprint density at radius 3 is 2.90 bits per heavy atom. The quantitative estimate of drug-likeness (QED) is 0.409. The van der Waals surface area contributed by atoms with Crippen LogP contribution in [-0.2, 0) is 0 Å². The summed E-state index contributed by atoms with van der Waals surface area (Å²) in [4.78, 5) is 7.13. The number of likely N-dealkylation sites (tertiary alicyclic amines) is 1. The highest BCUT2D eigenvalue weighted by Gasteiger charge is 2.29. The lowest BCUT2D eigenvalue weighted by Gasteiger charge is -2.38. The number of benzene rings is 2. The zero-order valence-corrected chi connectivity index (χ0v) is 19.0. The van der Waals surface area contributed by atoms with Gasteiger partial charge in [-0.25, -0.2) is 0 Å². The number of aromatic nitrogens is 1. The summed E-state index contributed by atoms with van der Waals surface area (Å²) in [6, 6.07) is 17.4. The van der Waals surface area contributed by atoms with E-state index in [1.807, 2.05) is 41.8 Å². The zero-order valence-electron chi connectivity index (χ0n) is 18.2. The van der Waals surface area contributed by atoms with E-state index in [-0.39, 0.29) is 0 Å². The average Bonchev–Trinajstić information content (AvgIpc) is 3.41. The molecule has 162 valence electrons. The fourth-order valence-electron chi connectivity index (χ4n) is 4.87. The number of aliphatic hydroxyl groups excluding tert-OH is 1.